The van der Waals surface area contributed by atoms with Crippen LogP contribution in [0.2, 0.25) is 0 Å². The zero-order chi connectivity index (χ0) is 26.9. The molecule has 9 aromatic rings. The topological polar surface area (TPSA) is 53.5 Å². The molecule has 0 spiro atoms. The van der Waals surface area contributed by atoms with Gasteiger partial charge in [0.05, 0.1) is 28.3 Å². The van der Waals surface area contributed by atoms with E-state index >= 15 is 0 Å². The highest BCUT2D eigenvalue weighted by atomic mass is 15.2. The van der Waals surface area contributed by atoms with Gasteiger partial charge in [0.25, 0.3) is 0 Å². The van der Waals surface area contributed by atoms with E-state index in [4.69, 9.17) is 9.97 Å². The molecular formula is C35H22N6. The predicted molar refractivity (Wildman–Crippen MR) is 165 cm³/mol. The molecule has 0 bridgehead atoms. The second-order valence-electron chi connectivity index (χ2n) is 10.3. The average molecular weight is 527 g/mol. The van der Waals surface area contributed by atoms with Crippen LogP contribution >= 0.6 is 0 Å². The summed E-state index contributed by atoms with van der Waals surface area (Å²) in [6.45, 7) is 0. The van der Waals surface area contributed by atoms with Gasteiger partial charge in [-0.2, -0.15) is 4.98 Å². The van der Waals surface area contributed by atoms with Gasteiger partial charge in [-0.15, -0.1) is 0 Å². The Labute approximate surface area is 234 Å². The lowest BCUT2D eigenvalue weighted by atomic mass is 10.1. The van der Waals surface area contributed by atoms with E-state index in [-0.39, 0.29) is 0 Å². The summed E-state index contributed by atoms with van der Waals surface area (Å²) in [4.78, 5) is 14.5. The Kier molecular flexibility index (Phi) is 4.51. The molecule has 6 heteroatoms. The number of fused-ring (bicyclic) bond motifs is 7. The lowest BCUT2D eigenvalue weighted by Crippen LogP contribution is -2.02. The van der Waals surface area contributed by atoms with Crippen molar-refractivity contribution in [3.63, 3.8) is 0 Å². The molecule has 0 aliphatic heterocycles. The van der Waals surface area contributed by atoms with Crippen LogP contribution in [0.25, 0.3) is 72.1 Å². The van der Waals surface area contributed by atoms with E-state index in [0.717, 1.165) is 38.7 Å². The fourth-order valence-corrected chi connectivity index (χ4v) is 6.20. The van der Waals surface area contributed by atoms with E-state index < -0.39 is 0 Å². The second kappa shape index (κ2) is 8.37. The molecule has 0 aliphatic rings. The lowest BCUT2D eigenvalue weighted by Gasteiger charge is -2.08. The van der Waals surface area contributed by atoms with Crippen molar-refractivity contribution in [2.24, 2.45) is 0 Å². The number of benzene rings is 5. The number of imidazole rings is 1. The summed E-state index contributed by atoms with van der Waals surface area (Å²) < 4.78 is 6.54. The van der Waals surface area contributed by atoms with Crippen LogP contribution < -0.4 is 0 Å². The molecule has 4 aromatic heterocycles. The first kappa shape index (κ1) is 22.1. The highest BCUT2D eigenvalue weighted by Crippen LogP contribution is 2.39. The van der Waals surface area contributed by atoms with Crippen molar-refractivity contribution in [3.05, 3.63) is 134 Å². The smallest absolute Gasteiger partial charge is 0.236 e. The Morgan fingerprint density at radius 2 is 1.00 bits per heavy atom. The van der Waals surface area contributed by atoms with Crippen LogP contribution in [0.15, 0.2) is 134 Å². The third-order valence-electron chi connectivity index (χ3n) is 8.01. The maximum Gasteiger partial charge on any atom is 0.236 e. The molecule has 0 atom stereocenters. The molecule has 0 fully saturated rings. The Hall–Kier alpha value is -5.75. The zero-order valence-electron chi connectivity index (χ0n) is 21.9. The largest absolute Gasteiger partial charge is 0.309 e. The summed E-state index contributed by atoms with van der Waals surface area (Å²) >= 11 is 0. The van der Waals surface area contributed by atoms with Crippen molar-refractivity contribution in [3.8, 4) is 17.3 Å². The maximum absolute atomic E-state index is 4.97. The van der Waals surface area contributed by atoms with Gasteiger partial charge in [-0.25, -0.2) is 9.97 Å². The molecule has 9 rings (SSSR count). The van der Waals surface area contributed by atoms with Crippen molar-refractivity contribution < 1.29 is 0 Å². The summed E-state index contributed by atoms with van der Waals surface area (Å²) in [7, 11) is 0. The van der Waals surface area contributed by atoms with Crippen molar-refractivity contribution in [2.75, 3.05) is 0 Å². The van der Waals surface area contributed by atoms with E-state index in [1.807, 2.05) is 35.3 Å². The normalized spacial score (nSPS) is 11.9. The summed E-state index contributed by atoms with van der Waals surface area (Å²) in [5.41, 5.74) is 8.18. The lowest BCUT2D eigenvalue weighted by molar-refractivity contribution is 1.00. The molecule has 6 nitrogen and oxygen atoms in total. The van der Waals surface area contributed by atoms with Gasteiger partial charge in [-0.1, -0.05) is 72.8 Å². The van der Waals surface area contributed by atoms with Gasteiger partial charge in [0.15, 0.2) is 5.65 Å². The Balaban J connectivity index is 1.35. The number of hydrogen-bond donors (Lipinski definition) is 0. The van der Waals surface area contributed by atoms with Crippen molar-refractivity contribution in [2.45, 2.75) is 0 Å². The molecule has 0 radical (unpaired) electrons. The van der Waals surface area contributed by atoms with E-state index in [1.165, 1.54) is 21.8 Å². The molecule has 0 unspecified atom stereocenters. The van der Waals surface area contributed by atoms with Crippen LogP contribution in [0.1, 0.15) is 0 Å². The SMILES string of the molecule is c1ccc(-n2cnc3nc(-n4c5ccccc5c5cc6c(cc54)c4ccccc4n6-c4ccccc4)ncc32)cc1. The highest BCUT2D eigenvalue weighted by Gasteiger charge is 2.19. The Morgan fingerprint density at radius 1 is 0.439 bits per heavy atom. The first-order valence-corrected chi connectivity index (χ1v) is 13.6. The first-order valence-electron chi connectivity index (χ1n) is 13.6. The number of aromatic nitrogens is 6. The van der Waals surface area contributed by atoms with Crippen LogP contribution in [0, 0.1) is 0 Å². The molecule has 0 N–H and O–H groups in total. The maximum atomic E-state index is 4.97. The molecule has 4 heterocycles. The third-order valence-corrected chi connectivity index (χ3v) is 8.01. The standard InChI is InChI=1S/C35H22N6/c1-3-11-23(12-4-1)39-22-37-34-33(39)21-36-35(38-34)41-30-18-10-8-16-26(30)28-19-31-27(20-32(28)41)25-15-7-9-17-29(25)40(31)24-13-5-2-6-14-24/h1-22H. The molecule has 192 valence electrons. The van der Waals surface area contributed by atoms with E-state index in [9.17, 15) is 0 Å². The third kappa shape index (κ3) is 3.16. The fraction of sp³-hybridized carbons (Fsp3) is 0. The van der Waals surface area contributed by atoms with Gasteiger partial charge in [-0.3, -0.25) is 9.13 Å². The minimum atomic E-state index is 0.605. The number of rotatable bonds is 3. The van der Waals surface area contributed by atoms with Gasteiger partial charge >= 0.3 is 0 Å². The monoisotopic (exact) mass is 526 g/mol. The molecular weight excluding hydrogens is 504 g/mol. The van der Waals surface area contributed by atoms with Crippen LogP contribution in [0.3, 0.4) is 0 Å². The number of para-hydroxylation sites is 4. The Bertz CT molecular complexity index is 2410. The van der Waals surface area contributed by atoms with Gasteiger partial charge in [-0.05, 0) is 48.5 Å². The van der Waals surface area contributed by atoms with E-state index in [1.54, 1.807) is 0 Å². The molecule has 0 saturated heterocycles. The van der Waals surface area contributed by atoms with Gasteiger partial charge in [0.2, 0.25) is 5.95 Å². The van der Waals surface area contributed by atoms with Crippen LogP contribution in [-0.2, 0) is 0 Å². The quantitative estimate of drug-likeness (QED) is 0.234. The van der Waals surface area contributed by atoms with Gasteiger partial charge in [0, 0.05) is 32.9 Å². The van der Waals surface area contributed by atoms with E-state index in [0.29, 0.717) is 11.6 Å². The van der Waals surface area contributed by atoms with Crippen molar-refractivity contribution in [1.29, 1.82) is 0 Å². The minimum absolute atomic E-state index is 0.605. The van der Waals surface area contributed by atoms with Gasteiger partial charge < -0.3 is 4.57 Å². The first-order chi connectivity index (χ1) is 20.3. The molecule has 0 aliphatic carbocycles. The van der Waals surface area contributed by atoms with Crippen molar-refractivity contribution >= 4 is 54.8 Å². The van der Waals surface area contributed by atoms with E-state index in [2.05, 4.69) is 117 Å². The van der Waals surface area contributed by atoms with Crippen LogP contribution in [0.5, 0.6) is 0 Å². The highest BCUT2D eigenvalue weighted by molar-refractivity contribution is 6.18. The number of hydrogen-bond acceptors (Lipinski definition) is 3. The van der Waals surface area contributed by atoms with Crippen LogP contribution in [-0.4, -0.2) is 28.7 Å². The summed E-state index contributed by atoms with van der Waals surface area (Å²) in [5.74, 6) is 0.605. The Morgan fingerprint density at radius 3 is 1.68 bits per heavy atom. The van der Waals surface area contributed by atoms with Crippen LogP contribution in [0.4, 0.5) is 0 Å². The summed E-state index contributed by atoms with van der Waals surface area (Å²) in [6.07, 6.45) is 3.68. The van der Waals surface area contributed by atoms with Crippen molar-refractivity contribution in [1.82, 2.24) is 28.7 Å². The van der Waals surface area contributed by atoms with Gasteiger partial charge in [0.1, 0.15) is 11.8 Å². The summed E-state index contributed by atoms with van der Waals surface area (Å²) in [6, 6.07) is 42.4. The molecule has 0 amide bonds. The molecule has 0 saturated carbocycles. The zero-order valence-corrected chi connectivity index (χ0v) is 21.9. The summed E-state index contributed by atoms with van der Waals surface area (Å²) in [5, 5.41) is 4.72. The average Bonchev–Trinajstić information content (AvgIpc) is 3.70. The predicted octanol–water partition coefficient (Wildman–Crippen LogP) is 8.01. The fourth-order valence-electron chi connectivity index (χ4n) is 6.20. The minimum Gasteiger partial charge on any atom is -0.309 e. The molecule has 41 heavy (non-hydrogen) atoms. The second-order valence-corrected chi connectivity index (χ2v) is 10.3. The molecule has 5 aromatic carbocycles. The number of nitrogens with zero attached hydrogens (tertiary/aromatic N) is 6.